The van der Waals surface area contributed by atoms with Gasteiger partial charge in [0, 0.05) is 26.1 Å². The second-order valence-electron chi connectivity index (χ2n) is 6.04. The van der Waals surface area contributed by atoms with Crippen molar-refractivity contribution in [2.24, 2.45) is 11.8 Å². The zero-order valence-corrected chi connectivity index (χ0v) is 12.7. The van der Waals surface area contributed by atoms with Crippen molar-refractivity contribution in [1.29, 1.82) is 0 Å². The van der Waals surface area contributed by atoms with E-state index in [0.29, 0.717) is 19.0 Å². The number of amides is 2. The highest BCUT2D eigenvalue weighted by atomic mass is 16.4. The molecule has 5 heteroatoms. The molecule has 0 aromatic carbocycles. The van der Waals surface area contributed by atoms with E-state index < -0.39 is 5.97 Å². The van der Waals surface area contributed by atoms with Gasteiger partial charge >= 0.3 is 12.0 Å². The van der Waals surface area contributed by atoms with E-state index in [2.05, 4.69) is 25.2 Å². The summed E-state index contributed by atoms with van der Waals surface area (Å²) in [5.74, 6) is -0.379. The maximum Gasteiger partial charge on any atom is 0.317 e. The number of carboxylic acid groups (broad SMARTS) is 1. The van der Waals surface area contributed by atoms with Crippen LogP contribution in [0.5, 0.6) is 0 Å². The summed E-state index contributed by atoms with van der Waals surface area (Å²) < 4.78 is 0. The molecule has 1 heterocycles. The SMILES string of the molecule is CC1=CCCN(C(=O)NC[C@H](CC(=O)O)CC(C)C)C1. The minimum atomic E-state index is -0.804. The van der Waals surface area contributed by atoms with Gasteiger partial charge < -0.3 is 15.3 Å². The van der Waals surface area contributed by atoms with Crippen LogP contribution in [-0.2, 0) is 4.79 Å². The number of rotatable bonds is 6. The Morgan fingerprint density at radius 1 is 1.45 bits per heavy atom. The Kier molecular flexibility index (Phi) is 6.55. The zero-order valence-electron chi connectivity index (χ0n) is 12.7. The molecule has 1 atom stereocenters. The minimum absolute atomic E-state index is 0.00196. The number of aliphatic carboxylic acids is 1. The van der Waals surface area contributed by atoms with Crippen molar-refractivity contribution >= 4 is 12.0 Å². The lowest BCUT2D eigenvalue weighted by atomic mass is 9.94. The Labute approximate surface area is 121 Å². The molecular weight excluding hydrogens is 256 g/mol. The quantitative estimate of drug-likeness (QED) is 0.735. The van der Waals surface area contributed by atoms with Crippen LogP contribution in [0.1, 0.15) is 40.0 Å². The smallest absolute Gasteiger partial charge is 0.317 e. The largest absolute Gasteiger partial charge is 0.481 e. The van der Waals surface area contributed by atoms with Crippen LogP contribution in [0.4, 0.5) is 4.79 Å². The number of hydrogen-bond donors (Lipinski definition) is 2. The van der Waals surface area contributed by atoms with E-state index in [9.17, 15) is 9.59 Å². The van der Waals surface area contributed by atoms with E-state index in [-0.39, 0.29) is 18.4 Å². The Hall–Kier alpha value is -1.52. The Bertz CT molecular complexity index is 377. The summed E-state index contributed by atoms with van der Waals surface area (Å²) in [6.07, 6.45) is 3.96. The average Bonchev–Trinajstić information content (AvgIpc) is 2.34. The van der Waals surface area contributed by atoms with Crippen molar-refractivity contribution in [3.63, 3.8) is 0 Å². The van der Waals surface area contributed by atoms with Gasteiger partial charge in [-0.1, -0.05) is 25.5 Å². The lowest BCUT2D eigenvalue weighted by Gasteiger charge is -2.27. The standard InChI is InChI=1S/C15H26N2O3/c1-11(2)7-13(8-14(18)19)9-16-15(20)17-6-4-5-12(3)10-17/h5,11,13H,4,6-10H2,1-3H3,(H,16,20)(H,18,19)/t13-/m0/s1. The second kappa shape index (κ2) is 7.92. The highest BCUT2D eigenvalue weighted by Gasteiger charge is 2.19. The monoisotopic (exact) mass is 282 g/mol. The van der Waals surface area contributed by atoms with E-state index in [1.165, 1.54) is 5.57 Å². The van der Waals surface area contributed by atoms with Crippen molar-refractivity contribution in [3.8, 4) is 0 Å². The van der Waals surface area contributed by atoms with Gasteiger partial charge in [-0.25, -0.2) is 4.79 Å². The van der Waals surface area contributed by atoms with Crippen LogP contribution in [0.25, 0.3) is 0 Å². The second-order valence-corrected chi connectivity index (χ2v) is 6.04. The molecule has 1 aliphatic rings. The first-order chi connectivity index (χ1) is 9.38. The number of carbonyl (C=O) groups is 2. The Morgan fingerprint density at radius 2 is 2.15 bits per heavy atom. The van der Waals surface area contributed by atoms with Crippen LogP contribution in [0.15, 0.2) is 11.6 Å². The molecular formula is C15H26N2O3. The fourth-order valence-corrected chi connectivity index (χ4v) is 2.58. The highest BCUT2D eigenvalue weighted by molar-refractivity contribution is 5.74. The van der Waals surface area contributed by atoms with Gasteiger partial charge in [0.1, 0.15) is 0 Å². The summed E-state index contributed by atoms with van der Waals surface area (Å²) in [4.78, 5) is 24.7. The third kappa shape index (κ3) is 6.08. The molecule has 0 unspecified atom stereocenters. The molecule has 0 aromatic rings. The average molecular weight is 282 g/mol. The summed E-state index contributed by atoms with van der Waals surface area (Å²) >= 11 is 0. The molecule has 2 amide bonds. The minimum Gasteiger partial charge on any atom is -0.481 e. The molecule has 0 bridgehead atoms. The maximum atomic E-state index is 12.1. The molecule has 114 valence electrons. The van der Waals surface area contributed by atoms with Crippen LogP contribution >= 0.6 is 0 Å². The van der Waals surface area contributed by atoms with Gasteiger partial charge in [-0.05, 0) is 31.6 Å². The molecule has 0 spiro atoms. The molecule has 1 rings (SSSR count). The third-order valence-electron chi connectivity index (χ3n) is 3.43. The number of hydrogen-bond acceptors (Lipinski definition) is 2. The van der Waals surface area contributed by atoms with Gasteiger partial charge in [-0.3, -0.25) is 4.79 Å². The van der Waals surface area contributed by atoms with Crippen molar-refractivity contribution in [2.45, 2.75) is 40.0 Å². The van der Waals surface area contributed by atoms with Crippen LogP contribution in [0, 0.1) is 11.8 Å². The van der Waals surface area contributed by atoms with Crippen molar-refractivity contribution < 1.29 is 14.7 Å². The summed E-state index contributed by atoms with van der Waals surface area (Å²) in [7, 11) is 0. The van der Waals surface area contributed by atoms with E-state index in [4.69, 9.17) is 5.11 Å². The maximum absolute atomic E-state index is 12.1. The van der Waals surface area contributed by atoms with Crippen LogP contribution < -0.4 is 5.32 Å². The number of carbonyl (C=O) groups excluding carboxylic acids is 1. The fraction of sp³-hybridized carbons (Fsp3) is 0.733. The van der Waals surface area contributed by atoms with Gasteiger partial charge in [0.15, 0.2) is 0 Å². The normalized spacial score (nSPS) is 16.8. The number of carboxylic acids is 1. The molecule has 0 aliphatic carbocycles. The molecule has 20 heavy (non-hydrogen) atoms. The first-order valence-corrected chi connectivity index (χ1v) is 7.28. The first-order valence-electron chi connectivity index (χ1n) is 7.28. The van der Waals surface area contributed by atoms with Crippen molar-refractivity contribution in [3.05, 3.63) is 11.6 Å². The molecule has 0 saturated carbocycles. The molecule has 2 N–H and O–H groups in total. The Balaban J connectivity index is 2.43. The molecule has 0 fully saturated rings. The van der Waals surface area contributed by atoms with Crippen molar-refractivity contribution in [2.75, 3.05) is 19.6 Å². The highest BCUT2D eigenvalue weighted by Crippen LogP contribution is 2.15. The molecule has 1 aliphatic heterocycles. The molecule has 0 aromatic heterocycles. The van der Waals surface area contributed by atoms with Crippen LogP contribution in [0.3, 0.4) is 0 Å². The topological polar surface area (TPSA) is 69.6 Å². The summed E-state index contributed by atoms with van der Waals surface area (Å²) in [5, 5.41) is 11.8. The van der Waals surface area contributed by atoms with E-state index in [1.807, 2.05) is 6.92 Å². The molecule has 0 saturated heterocycles. The van der Waals surface area contributed by atoms with Gasteiger partial charge in [0.05, 0.1) is 0 Å². The lowest BCUT2D eigenvalue weighted by molar-refractivity contribution is -0.138. The predicted molar refractivity (Wildman–Crippen MR) is 78.5 cm³/mol. The summed E-state index contributed by atoms with van der Waals surface area (Å²) in [6.45, 7) is 7.98. The predicted octanol–water partition coefficient (Wildman–Crippen LogP) is 2.49. The van der Waals surface area contributed by atoms with E-state index in [1.54, 1.807) is 4.90 Å². The third-order valence-corrected chi connectivity index (χ3v) is 3.43. The molecule has 5 nitrogen and oxygen atoms in total. The summed E-state index contributed by atoms with van der Waals surface area (Å²) in [5.41, 5.74) is 1.20. The van der Waals surface area contributed by atoms with Gasteiger partial charge in [0.2, 0.25) is 0 Å². The van der Waals surface area contributed by atoms with Crippen LogP contribution in [0.2, 0.25) is 0 Å². The first kappa shape index (κ1) is 16.5. The van der Waals surface area contributed by atoms with Crippen molar-refractivity contribution in [1.82, 2.24) is 10.2 Å². The van der Waals surface area contributed by atoms with Gasteiger partial charge in [-0.2, -0.15) is 0 Å². The molecule has 0 radical (unpaired) electrons. The Morgan fingerprint density at radius 3 is 2.70 bits per heavy atom. The summed E-state index contributed by atoms with van der Waals surface area (Å²) in [6, 6.07) is -0.0865. The van der Waals surface area contributed by atoms with Gasteiger partial charge in [-0.15, -0.1) is 0 Å². The number of urea groups is 1. The van der Waals surface area contributed by atoms with E-state index in [0.717, 1.165) is 19.4 Å². The van der Waals surface area contributed by atoms with E-state index >= 15 is 0 Å². The lowest BCUT2D eigenvalue weighted by Crippen LogP contribution is -2.44. The van der Waals surface area contributed by atoms with Crippen LogP contribution in [-0.4, -0.2) is 41.6 Å². The fourth-order valence-electron chi connectivity index (χ4n) is 2.58. The number of nitrogens with one attached hydrogen (secondary N) is 1. The number of nitrogens with zero attached hydrogens (tertiary/aromatic N) is 1. The van der Waals surface area contributed by atoms with Gasteiger partial charge in [0.25, 0.3) is 0 Å². The zero-order chi connectivity index (χ0) is 15.1.